The summed E-state index contributed by atoms with van der Waals surface area (Å²) in [4.78, 5) is 8.55. The van der Waals surface area contributed by atoms with Crippen molar-refractivity contribution >= 4 is 16.7 Å². The van der Waals surface area contributed by atoms with E-state index in [9.17, 15) is 13.2 Å². The zero-order chi connectivity index (χ0) is 18.7. The summed E-state index contributed by atoms with van der Waals surface area (Å²) in [6, 6.07) is 9.14. The number of nitrogens with zero attached hydrogens (tertiary/aromatic N) is 4. The molecule has 1 aliphatic rings. The maximum Gasteiger partial charge on any atom is 0.297 e. The van der Waals surface area contributed by atoms with E-state index in [2.05, 4.69) is 20.2 Å². The average molecular weight is 356 g/mol. The molecular weight excluding hydrogens is 341 g/mol. The van der Waals surface area contributed by atoms with Crippen molar-refractivity contribution in [3.63, 3.8) is 0 Å². The van der Waals surface area contributed by atoms with Crippen LogP contribution in [0.2, 0.25) is 0 Å². The smallest absolute Gasteiger partial charge is 0.268 e. The van der Waals surface area contributed by atoms with E-state index in [0.717, 1.165) is 5.56 Å². The van der Waals surface area contributed by atoms with Gasteiger partial charge in [0.05, 0.1) is 5.52 Å². The van der Waals surface area contributed by atoms with E-state index in [-0.39, 0.29) is 28.2 Å². The number of rotatable bonds is 1. The minimum atomic E-state index is -3.14. The van der Waals surface area contributed by atoms with Gasteiger partial charge in [0.1, 0.15) is 16.8 Å². The van der Waals surface area contributed by atoms with Gasteiger partial charge in [0, 0.05) is 11.1 Å². The van der Waals surface area contributed by atoms with E-state index in [1.165, 1.54) is 32.0 Å². The topological polar surface area (TPSA) is 51.0 Å². The molecule has 0 spiro atoms. The molecule has 1 aliphatic heterocycles. The van der Waals surface area contributed by atoms with Crippen LogP contribution >= 0.6 is 0 Å². The maximum absolute atomic E-state index is 14.9. The summed E-state index contributed by atoms with van der Waals surface area (Å²) in [6.45, 7) is 4.49. The van der Waals surface area contributed by atoms with Gasteiger partial charge in [0.15, 0.2) is 5.82 Å². The van der Waals surface area contributed by atoms with Gasteiger partial charge in [-0.05, 0) is 39.0 Å². The van der Waals surface area contributed by atoms with Gasteiger partial charge in [-0.25, -0.2) is 9.37 Å². The second kappa shape index (κ2) is 5.33. The first-order chi connectivity index (χ1) is 12.2. The van der Waals surface area contributed by atoms with Crippen molar-refractivity contribution in [3.05, 3.63) is 64.7 Å². The van der Waals surface area contributed by atoms with Gasteiger partial charge in [0.2, 0.25) is 5.82 Å². The lowest BCUT2D eigenvalue weighted by molar-refractivity contribution is -0.0682. The zero-order valence-corrected chi connectivity index (χ0v) is 14.4. The zero-order valence-electron chi connectivity index (χ0n) is 14.4. The summed E-state index contributed by atoms with van der Waals surface area (Å²) in [5.74, 6) is -3.59. The van der Waals surface area contributed by atoms with Crippen LogP contribution in [0.25, 0.3) is 11.0 Å². The quantitative estimate of drug-likeness (QED) is 0.657. The summed E-state index contributed by atoms with van der Waals surface area (Å²) in [5.41, 5.74) is -0.255. The van der Waals surface area contributed by atoms with E-state index in [1.54, 1.807) is 25.1 Å². The summed E-state index contributed by atoms with van der Waals surface area (Å²) >= 11 is 0. The molecule has 0 aliphatic carbocycles. The van der Waals surface area contributed by atoms with Crippen LogP contribution in [0.15, 0.2) is 41.4 Å². The van der Waals surface area contributed by atoms with E-state index < -0.39 is 17.3 Å². The highest BCUT2D eigenvalue weighted by Gasteiger charge is 2.53. The van der Waals surface area contributed by atoms with Gasteiger partial charge >= 0.3 is 0 Å². The van der Waals surface area contributed by atoms with Gasteiger partial charge < -0.3 is 0 Å². The number of hydrogen-bond donors (Lipinski definition) is 0. The summed E-state index contributed by atoms with van der Waals surface area (Å²) < 4.78 is 43.7. The number of aliphatic imine (C=N–C) groups is 1. The molecule has 132 valence electrons. The Morgan fingerprint density at radius 1 is 1.00 bits per heavy atom. The first-order valence-corrected chi connectivity index (χ1v) is 8.09. The molecule has 4 nitrogen and oxygen atoms in total. The molecule has 0 unspecified atom stereocenters. The van der Waals surface area contributed by atoms with Crippen molar-refractivity contribution in [2.24, 2.45) is 4.99 Å². The fourth-order valence-corrected chi connectivity index (χ4v) is 3.06. The number of halogens is 3. The lowest BCUT2D eigenvalue weighted by atomic mass is 9.82. The van der Waals surface area contributed by atoms with E-state index in [1.807, 2.05) is 0 Å². The van der Waals surface area contributed by atoms with Crippen LogP contribution in [0.4, 0.5) is 13.2 Å². The molecule has 0 atom stereocenters. The Bertz CT molecular complexity index is 1070. The van der Waals surface area contributed by atoms with Crippen LogP contribution in [-0.4, -0.2) is 26.4 Å². The largest absolute Gasteiger partial charge is 0.297 e. The van der Waals surface area contributed by atoms with Crippen molar-refractivity contribution in [3.8, 4) is 0 Å². The summed E-state index contributed by atoms with van der Waals surface area (Å²) in [5, 5.41) is 7.82. The molecule has 1 aromatic heterocycles. The van der Waals surface area contributed by atoms with Crippen LogP contribution in [0, 0.1) is 12.7 Å². The van der Waals surface area contributed by atoms with Crippen molar-refractivity contribution < 1.29 is 13.2 Å². The van der Waals surface area contributed by atoms with Crippen LogP contribution < -0.4 is 0 Å². The van der Waals surface area contributed by atoms with Gasteiger partial charge in [-0.1, -0.05) is 23.8 Å². The lowest BCUT2D eigenvalue weighted by Gasteiger charge is -2.36. The molecule has 0 saturated heterocycles. The Hall–Kier alpha value is -2.83. The molecule has 2 aromatic carbocycles. The Morgan fingerprint density at radius 3 is 2.54 bits per heavy atom. The van der Waals surface area contributed by atoms with Gasteiger partial charge in [-0.3, -0.25) is 4.99 Å². The Balaban J connectivity index is 1.98. The van der Waals surface area contributed by atoms with Crippen molar-refractivity contribution in [2.75, 3.05) is 0 Å². The van der Waals surface area contributed by atoms with Gasteiger partial charge in [0.25, 0.3) is 5.92 Å². The highest BCUT2D eigenvalue weighted by molar-refractivity contribution is 6.13. The molecule has 2 heterocycles. The third-order valence-electron chi connectivity index (χ3n) is 4.58. The predicted molar refractivity (Wildman–Crippen MR) is 92.1 cm³/mol. The number of benzene rings is 2. The van der Waals surface area contributed by atoms with Gasteiger partial charge in [-0.2, -0.15) is 8.78 Å². The van der Waals surface area contributed by atoms with Crippen molar-refractivity contribution in [1.29, 1.82) is 0 Å². The number of fused-ring (bicyclic) bond motifs is 2. The standard InChI is InChI=1S/C19H15F3N4/c1-10-7-8-11-12(9-10)19(21,22)18(2,3)24-15(11)17-23-14-6-4-5-13(20)16(14)25-26-17/h4-9H,1-3H3. The molecule has 4 rings (SSSR count). The van der Waals surface area contributed by atoms with Gasteiger partial charge in [-0.15, -0.1) is 10.2 Å². The molecule has 0 radical (unpaired) electrons. The maximum atomic E-state index is 14.9. The lowest BCUT2D eigenvalue weighted by Crippen LogP contribution is -2.44. The SMILES string of the molecule is Cc1ccc2c(c1)C(F)(F)C(C)(C)N=C2c1nnc2c(F)cccc2n1. The Labute approximate surface area is 147 Å². The Kier molecular flexibility index (Phi) is 3.41. The molecule has 0 amide bonds. The third kappa shape index (κ3) is 2.30. The van der Waals surface area contributed by atoms with Crippen LogP contribution in [0.3, 0.4) is 0 Å². The average Bonchev–Trinajstić information content (AvgIpc) is 2.59. The minimum absolute atomic E-state index is 0.0291. The highest BCUT2D eigenvalue weighted by atomic mass is 19.3. The fourth-order valence-electron chi connectivity index (χ4n) is 3.06. The summed E-state index contributed by atoms with van der Waals surface area (Å²) in [6.07, 6.45) is 0. The predicted octanol–water partition coefficient (Wildman–Crippen LogP) is 4.19. The molecule has 7 heteroatoms. The first-order valence-electron chi connectivity index (χ1n) is 8.09. The summed E-state index contributed by atoms with van der Waals surface area (Å²) in [7, 11) is 0. The third-order valence-corrected chi connectivity index (χ3v) is 4.58. The van der Waals surface area contributed by atoms with E-state index in [0.29, 0.717) is 5.52 Å². The number of hydrogen-bond acceptors (Lipinski definition) is 4. The second-order valence-electron chi connectivity index (χ2n) is 6.89. The van der Waals surface area contributed by atoms with Crippen molar-refractivity contribution in [2.45, 2.75) is 32.2 Å². The number of aryl methyl sites for hydroxylation is 1. The molecular formula is C19H15F3N4. The molecule has 3 aromatic rings. The van der Waals surface area contributed by atoms with Crippen LogP contribution in [-0.2, 0) is 5.92 Å². The normalized spacial score (nSPS) is 17.7. The first kappa shape index (κ1) is 16.6. The molecule has 26 heavy (non-hydrogen) atoms. The van der Waals surface area contributed by atoms with E-state index in [4.69, 9.17) is 0 Å². The molecule has 0 fully saturated rings. The monoisotopic (exact) mass is 356 g/mol. The molecule has 0 saturated carbocycles. The van der Waals surface area contributed by atoms with E-state index >= 15 is 0 Å². The minimum Gasteiger partial charge on any atom is -0.268 e. The second-order valence-corrected chi connectivity index (χ2v) is 6.89. The number of aromatic nitrogens is 3. The molecule has 0 bridgehead atoms. The fraction of sp³-hybridized carbons (Fsp3) is 0.263. The van der Waals surface area contributed by atoms with Crippen molar-refractivity contribution in [1.82, 2.24) is 15.2 Å². The molecule has 0 N–H and O–H groups in total. The van der Waals surface area contributed by atoms with Crippen LogP contribution in [0.1, 0.15) is 36.4 Å². The highest BCUT2D eigenvalue weighted by Crippen LogP contribution is 2.46. The Morgan fingerprint density at radius 2 is 1.77 bits per heavy atom. The number of alkyl halides is 2. The van der Waals surface area contributed by atoms with Crippen LogP contribution in [0.5, 0.6) is 0 Å².